The van der Waals surface area contributed by atoms with Crippen LogP contribution in [0.2, 0.25) is 0 Å². The first-order valence-corrected chi connectivity index (χ1v) is 6.56. The molecule has 0 saturated carbocycles. The summed E-state index contributed by atoms with van der Waals surface area (Å²) in [4.78, 5) is 0. The van der Waals surface area contributed by atoms with Gasteiger partial charge in [0.25, 0.3) is 0 Å². The zero-order valence-electron chi connectivity index (χ0n) is 10.2. The molecule has 0 aliphatic heterocycles. The first-order chi connectivity index (χ1) is 9.44. The van der Waals surface area contributed by atoms with Gasteiger partial charge < -0.3 is 10.1 Å². The predicted octanol–water partition coefficient (Wildman–Crippen LogP) is 4.96. The zero-order chi connectivity index (χ0) is 14.6. The number of ether oxygens (including phenoxy) is 1. The molecule has 0 unspecified atom stereocenters. The van der Waals surface area contributed by atoms with Crippen LogP contribution in [0.5, 0.6) is 5.75 Å². The first kappa shape index (κ1) is 14.7. The third-order valence-electron chi connectivity index (χ3n) is 2.48. The average molecular weight is 346 g/mol. The summed E-state index contributed by atoms with van der Waals surface area (Å²) < 4.78 is 41.7. The van der Waals surface area contributed by atoms with Gasteiger partial charge in [-0.25, -0.2) is 0 Å². The molecule has 2 nitrogen and oxygen atoms in total. The molecule has 20 heavy (non-hydrogen) atoms. The molecule has 0 heterocycles. The normalized spacial score (nSPS) is 11.2. The molecule has 0 bridgehead atoms. The molecule has 2 rings (SSSR count). The number of nitrogens with one attached hydrogen (secondary N) is 1. The summed E-state index contributed by atoms with van der Waals surface area (Å²) in [5.74, 6) is -0.241. The van der Waals surface area contributed by atoms with E-state index in [0.717, 1.165) is 10.0 Å². The van der Waals surface area contributed by atoms with Crippen LogP contribution in [0, 0.1) is 0 Å². The number of benzene rings is 2. The maximum absolute atomic E-state index is 12.3. The van der Waals surface area contributed by atoms with Crippen molar-refractivity contribution in [2.75, 3.05) is 5.32 Å². The van der Waals surface area contributed by atoms with Crippen molar-refractivity contribution < 1.29 is 17.9 Å². The van der Waals surface area contributed by atoms with Crippen molar-refractivity contribution in [3.8, 4) is 5.75 Å². The number of anilines is 1. The van der Waals surface area contributed by atoms with E-state index < -0.39 is 6.36 Å². The molecule has 0 amide bonds. The number of hydrogen-bond donors (Lipinski definition) is 1. The minimum absolute atomic E-state index is 0.241. The number of para-hydroxylation sites is 2. The van der Waals surface area contributed by atoms with E-state index in [2.05, 4.69) is 26.0 Å². The number of alkyl halides is 3. The SMILES string of the molecule is FC(F)(F)Oc1ccccc1NCc1cccc(Br)c1. The quantitative estimate of drug-likeness (QED) is 0.845. The Bertz CT molecular complexity index is 587. The smallest absolute Gasteiger partial charge is 0.404 e. The second-order valence-corrected chi connectivity index (χ2v) is 4.94. The number of rotatable bonds is 4. The van der Waals surface area contributed by atoms with Crippen LogP contribution in [-0.4, -0.2) is 6.36 Å². The standard InChI is InChI=1S/C14H11BrF3NO/c15-11-5-3-4-10(8-11)9-19-12-6-1-2-7-13(12)20-14(16,17)18/h1-8,19H,9H2. The van der Waals surface area contributed by atoms with Crippen molar-refractivity contribution in [2.24, 2.45) is 0 Å². The van der Waals surface area contributed by atoms with Crippen LogP contribution in [0.15, 0.2) is 53.0 Å². The third-order valence-corrected chi connectivity index (χ3v) is 2.98. The summed E-state index contributed by atoms with van der Waals surface area (Å²) in [6, 6.07) is 13.5. The van der Waals surface area contributed by atoms with Gasteiger partial charge in [-0.05, 0) is 29.8 Å². The lowest BCUT2D eigenvalue weighted by atomic mass is 10.2. The highest BCUT2D eigenvalue weighted by Gasteiger charge is 2.32. The summed E-state index contributed by atoms with van der Waals surface area (Å²) in [6.07, 6.45) is -4.70. The monoisotopic (exact) mass is 345 g/mol. The van der Waals surface area contributed by atoms with E-state index >= 15 is 0 Å². The van der Waals surface area contributed by atoms with Gasteiger partial charge in [0.1, 0.15) is 0 Å². The van der Waals surface area contributed by atoms with Crippen molar-refractivity contribution in [1.29, 1.82) is 0 Å². The van der Waals surface area contributed by atoms with Crippen molar-refractivity contribution in [3.63, 3.8) is 0 Å². The molecule has 6 heteroatoms. The van der Waals surface area contributed by atoms with E-state index in [4.69, 9.17) is 0 Å². The number of halogens is 4. The molecule has 0 atom stereocenters. The van der Waals surface area contributed by atoms with Crippen LogP contribution in [0.3, 0.4) is 0 Å². The molecule has 106 valence electrons. The fourth-order valence-electron chi connectivity index (χ4n) is 1.67. The lowest BCUT2D eigenvalue weighted by Crippen LogP contribution is -2.18. The lowest BCUT2D eigenvalue weighted by Gasteiger charge is -2.14. The summed E-state index contributed by atoms with van der Waals surface area (Å²) in [7, 11) is 0. The van der Waals surface area contributed by atoms with Crippen LogP contribution in [0.4, 0.5) is 18.9 Å². The van der Waals surface area contributed by atoms with Crippen LogP contribution >= 0.6 is 15.9 Å². The molecule has 0 spiro atoms. The molecule has 2 aromatic carbocycles. The van der Waals surface area contributed by atoms with Crippen LogP contribution in [-0.2, 0) is 6.54 Å². The molecule has 0 fully saturated rings. The Balaban J connectivity index is 2.09. The minimum atomic E-state index is -4.70. The van der Waals surface area contributed by atoms with Crippen molar-refractivity contribution >= 4 is 21.6 Å². The Morgan fingerprint density at radius 2 is 1.80 bits per heavy atom. The van der Waals surface area contributed by atoms with Gasteiger partial charge in [0, 0.05) is 11.0 Å². The number of hydrogen-bond acceptors (Lipinski definition) is 2. The Kier molecular flexibility index (Phi) is 4.54. The molecular formula is C14H11BrF3NO. The molecule has 0 aliphatic carbocycles. The molecule has 2 aromatic rings. The fourth-order valence-corrected chi connectivity index (χ4v) is 2.12. The highest BCUT2D eigenvalue weighted by atomic mass is 79.9. The van der Waals surface area contributed by atoms with E-state index in [1.807, 2.05) is 24.3 Å². The van der Waals surface area contributed by atoms with Crippen molar-refractivity contribution in [2.45, 2.75) is 12.9 Å². The molecule has 0 saturated heterocycles. The predicted molar refractivity (Wildman–Crippen MR) is 74.6 cm³/mol. The average Bonchev–Trinajstić information content (AvgIpc) is 2.36. The topological polar surface area (TPSA) is 21.3 Å². The molecule has 0 aliphatic rings. The third kappa shape index (κ3) is 4.45. The second kappa shape index (κ2) is 6.17. The van der Waals surface area contributed by atoms with Gasteiger partial charge in [0.2, 0.25) is 0 Å². The van der Waals surface area contributed by atoms with E-state index in [9.17, 15) is 13.2 Å². The van der Waals surface area contributed by atoms with E-state index in [0.29, 0.717) is 12.2 Å². The molecule has 1 N–H and O–H groups in total. The van der Waals surface area contributed by atoms with Crippen molar-refractivity contribution in [1.82, 2.24) is 0 Å². The highest BCUT2D eigenvalue weighted by molar-refractivity contribution is 9.10. The Morgan fingerprint density at radius 3 is 2.50 bits per heavy atom. The zero-order valence-corrected chi connectivity index (χ0v) is 11.8. The van der Waals surface area contributed by atoms with Crippen molar-refractivity contribution in [3.05, 3.63) is 58.6 Å². The van der Waals surface area contributed by atoms with Gasteiger partial charge in [-0.1, -0.05) is 40.2 Å². The lowest BCUT2D eigenvalue weighted by molar-refractivity contribution is -0.274. The highest BCUT2D eigenvalue weighted by Crippen LogP contribution is 2.30. The molecule has 0 aromatic heterocycles. The first-order valence-electron chi connectivity index (χ1n) is 5.77. The van der Waals surface area contributed by atoms with Crippen LogP contribution in [0.25, 0.3) is 0 Å². The van der Waals surface area contributed by atoms with Crippen LogP contribution in [0.1, 0.15) is 5.56 Å². The van der Waals surface area contributed by atoms with E-state index in [1.165, 1.54) is 12.1 Å². The summed E-state index contributed by atoms with van der Waals surface area (Å²) in [5.41, 5.74) is 1.24. The van der Waals surface area contributed by atoms with Gasteiger partial charge >= 0.3 is 6.36 Å². The summed E-state index contributed by atoms with van der Waals surface area (Å²) in [5, 5.41) is 2.93. The molecule has 0 radical (unpaired) electrons. The van der Waals surface area contributed by atoms with Gasteiger partial charge in [-0.3, -0.25) is 0 Å². The Labute approximate surface area is 122 Å². The summed E-state index contributed by atoms with van der Waals surface area (Å²) >= 11 is 3.34. The Hall–Kier alpha value is -1.69. The molecular weight excluding hydrogens is 335 g/mol. The van der Waals surface area contributed by atoms with Gasteiger partial charge in [0.05, 0.1) is 5.69 Å². The second-order valence-electron chi connectivity index (χ2n) is 4.03. The van der Waals surface area contributed by atoms with E-state index in [1.54, 1.807) is 12.1 Å². The Morgan fingerprint density at radius 1 is 1.05 bits per heavy atom. The van der Waals surface area contributed by atoms with Gasteiger partial charge in [-0.2, -0.15) is 0 Å². The fraction of sp³-hybridized carbons (Fsp3) is 0.143. The van der Waals surface area contributed by atoms with E-state index in [-0.39, 0.29) is 5.75 Å². The van der Waals surface area contributed by atoms with Gasteiger partial charge in [0.15, 0.2) is 5.75 Å². The maximum atomic E-state index is 12.3. The minimum Gasteiger partial charge on any atom is -0.404 e. The maximum Gasteiger partial charge on any atom is 0.573 e. The van der Waals surface area contributed by atoms with Gasteiger partial charge in [-0.15, -0.1) is 13.2 Å². The van der Waals surface area contributed by atoms with Crippen LogP contribution < -0.4 is 10.1 Å². The largest absolute Gasteiger partial charge is 0.573 e. The summed E-state index contributed by atoms with van der Waals surface area (Å²) in [6.45, 7) is 0.400.